The van der Waals surface area contributed by atoms with Crippen molar-refractivity contribution in [3.63, 3.8) is 0 Å². The average Bonchev–Trinajstić information content (AvgIpc) is 1.78. The molecule has 0 fully saturated rings. The first-order chi connectivity index (χ1) is 41.6. The Morgan fingerprint density at radius 1 is 0.388 bits per heavy atom. The van der Waals surface area contributed by atoms with E-state index in [0.717, 1.165) is 106 Å². The van der Waals surface area contributed by atoms with Gasteiger partial charge in [0.15, 0.2) is 34.7 Å². The van der Waals surface area contributed by atoms with E-state index in [4.69, 9.17) is 14.1 Å². The first-order valence-corrected chi connectivity index (χ1v) is 28.1. The molecule has 0 spiro atoms. The summed E-state index contributed by atoms with van der Waals surface area (Å²) in [6, 6.07) is 88.0. The second kappa shape index (κ2) is 22.6. The molecule has 422 valence electrons. The van der Waals surface area contributed by atoms with Crippen LogP contribution in [-0.4, -0.2) is 37.4 Å². The fourth-order valence-corrected chi connectivity index (χ4v) is 11.9. The van der Waals surface area contributed by atoms with Crippen molar-refractivity contribution in [1.82, 2.24) is 37.4 Å². The van der Waals surface area contributed by atoms with E-state index in [2.05, 4.69) is 248 Å². The summed E-state index contributed by atoms with van der Waals surface area (Å²) in [5.41, 5.74) is 16.6. The zero-order valence-electron chi connectivity index (χ0n) is 50.7. The summed E-state index contributed by atoms with van der Waals surface area (Å²) >= 11 is 0. The Morgan fingerprint density at radius 3 is 1.28 bits per heavy atom. The van der Waals surface area contributed by atoms with Crippen molar-refractivity contribution in [2.75, 3.05) is 0 Å². The van der Waals surface area contributed by atoms with Gasteiger partial charge in [-0.1, -0.05) is 105 Å². The Labute approximate surface area is 528 Å². The van der Waals surface area contributed by atoms with E-state index in [1.54, 1.807) is 6.33 Å². The predicted molar refractivity (Wildman–Crippen MR) is 340 cm³/mol. The van der Waals surface area contributed by atoms with Crippen LogP contribution in [0.5, 0.6) is 0 Å². The van der Waals surface area contributed by atoms with Gasteiger partial charge in [-0.2, -0.15) is 76.4 Å². The van der Waals surface area contributed by atoms with Crippen molar-refractivity contribution in [1.29, 1.82) is 0 Å². The van der Waals surface area contributed by atoms with Gasteiger partial charge in [0, 0.05) is 112 Å². The van der Waals surface area contributed by atoms with Crippen LogP contribution >= 0.6 is 0 Å². The van der Waals surface area contributed by atoms with Gasteiger partial charge in [-0.15, -0.1) is 46.2 Å². The summed E-state index contributed by atoms with van der Waals surface area (Å²) in [4.78, 5) is 9.47. The van der Waals surface area contributed by atoms with Crippen LogP contribution in [0.15, 0.2) is 237 Å². The first kappa shape index (κ1) is 53.0. The van der Waals surface area contributed by atoms with Crippen LogP contribution in [0.25, 0.3) is 94.4 Å². The minimum absolute atomic E-state index is 0. The van der Waals surface area contributed by atoms with Crippen molar-refractivity contribution >= 4 is 65.7 Å². The van der Waals surface area contributed by atoms with Crippen LogP contribution in [0, 0.1) is 38.1 Å². The molecule has 0 saturated heterocycles. The number of hydrogen-bond donors (Lipinski definition) is 0. The van der Waals surface area contributed by atoms with Crippen molar-refractivity contribution in [3.8, 4) is 28.7 Å². The first-order valence-electron chi connectivity index (χ1n) is 29.6. The predicted octanol–water partition coefficient (Wildman–Crippen LogP) is 17.4. The zero-order valence-corrected chi connectivity index (χ0v) is 52.3. The molecule has 0 atom stereocenters. The summed E-state index contributed by atoms with van der Waals surface area (Å²) in [7, 11) is 0. The van der Waals surface area contributed by atoms with E-state index in [1.807, 2.05) is 71.6 Å². The fraction of sp³-hybridized carbons (Fsp3) is 0.120. The van der Waals surface area contributed by atoms with Gasteiger partial charge in [-0.05, 0) is 107 Å². The van der Waals surface area contributed by atoms with Crippen molar-refractivity contribution in [2.24, 2.45) is 6.98 Å². The topological polar surface area (TPSA) is 55.4 Å². The molecule has 85 heavy (non-hydrogen) atoms. The summed E-state index contributed by atoms with van der Waals surface area (Å²) < 4.78 is 36.3. The number of hydrogen-bond acceptors (Lipinski definition) is 2. The number of benzene rings is 9. The molecule has 6 heterocycles. The number of nitrogens with zero attached hydrogens (tertiary/aromatic N) is 8. The van der Waals surface area contributed by atoms with E-state index < -0.39 is 12.4 Å². The minimum atomic E-state index is -2.29. The second-order valence-corrected chi connectivity index (χ2v) is 22.5. The molecule has 0 unspecified atom stereocenters. The number of fused-ring (bicyclic) bond motifs is 8. The molecule has 0 aliphatic heterocycles. The maximum atomic E-state index is 8.04. The van der Waals surface area contributed by atoms with Crippen molar-refractivity contribution in [3.05, 3.63) is 295 Å². The smallest absolute Gasteiger partial charge is 0.188 e. The average molecular weight is 1470 g/mol. The van der Waals surface area contributed by atoms with Crippen molar-refractivity contribution < 1.29 is 46.2 Å². The van der Waals surface area contributed by atoms with Gasteiger partial charge in [-0.3, -0.25) is 0 Å². The van der Waals surface area contributed by atoms with Crippen molar-refractivity contribution in [2.45, 2.75) is 52.4 Å². The second-order valence-electron chi connectivity index (χ2n) is 22.5. The summed E-state index contributed by atoms with van der Waals surface area (Å²) in [6.07, 6.45) is 7.53. The molecule has 0 bridgehead atoms. The van der Waals surface area contributed by atoms with Gasteiger partial charge < -0.3 is 9.13 Å². The minimum Gasteiger partial charge on any atom is -0.319 e. The molecule has 10 heteroatoms. The van der Waals surface area contributed by atoms with Gasteiger partial charge >= 0.3 is 0 Å². The third-order valence-corrected chi connectivity index (χ3v) is 16.5. The molecule has 0 saturated carbocycles. The molecule has 9 aromatic carbocycles. The van der Waals surface area contributed by atoms with Gasteiger partial charge in [0.1, 0.15) is 17.3 Å². The van der Waals surface area contributed by atoms with Gasteiger partial charge in [0.05, 0.1) is 0 Å². The molecular formula is C75H60N8Pt2-2. The number of para-hydroxylation sites is 7. The maximum absolute atomic E-state index is 8.04. The molecule has 8 nitrogen and oxygen atoms in total. The van der Waals surface area contributed by atoms with E-state index in [-0.39, 0.29) is 47.5 Å². The Bertz CT molecular complexity index is 5110. The number of aromatic nitrogens is 8. The molecule has 15 aromatic rings. The van der Waals surface area contributed by atoms with Crippen LogP contribution in [0.2, 0.25) is 0 Å². The third-order valence-electron chi connectivity index (χ3n) is 16.5. The van der Waals surface area contributed by atoms with Crippen LogP contribution < -0.4 is 0 Å². The Kier molecular flexibility index (Phi) is 14.1. The molecular weight excluding hydrogens is 1400 g/mol. The summed E-state index contributed by atoms with van der Waals surface area (Å²) in [5, 5.41) is 4.66. The van der Waals surface area contributed by atoms with Crippen LogP contribution in [0.4, 0.5) is 0 Å². The summed E-state index contributed by atoms with van der Waals surface area (Å²) in [6.45, 7) is 10.8. The molecule has 0 aliphatic rings. The van der Waals surface area contributed by atoms with Crippen LogP contribution in [0.3, 0.4) is 0 Å². The SMILES string of the molecule is Cc1ccnc(-n2c3[c-]c(C(C)(C)c4[c-]c(-n5[cH+]n(-c6ccccc6)c6ccccc65)ccc4)ccc3c3ccccc32)c1.[2H]C([2H])([2H])n1[cH+]n(-c2[c-]c(C(C)(C)c3[c-]c4c(cc3)c3ccccc3n4-c3cc(C)ccn3)ccc2)c2ccccc21.[Pt].[Pt]. The van der Waals surface area contributed by atoms with Gasteiger partial charge in [0.25, 0.3) is 0 Å². The molecule has 0 N–H and O–H groups in total. The maximum Gasteiger partial charge on any atom is 0.188 e. The normalized spacial score (nSPS) is 12.4. The molecule has 15 rings (SSSR count). The molecule has 0 radical (unpaired) electrons. The van der Waals surface area contributed by atoms with E-state index in [1.165, 1.54) is 20.9 Å². The fourth-order valence-electron chi connectivity index (χ4n) is 11.9. The standard InChI is InChI=1S/C40H31N4.C35H29N4.2Pt/c1-28-22-23-41-39(24-28)44-35-17-8-7-16-33(35)34-21-20-30(26-38(34)44)40(2,3)29-12-11-15-32(25-29)43-27-42(31-13-5-4-6-14-31)36-18-9-10-19-37(36)43;1-24-18-19-36-34(20-24)39-30-13-6-5-12-28(30)29-17-16-26(22-33(29)39)35(2,3)25-10-9-11-27(21-25)38-23-37(4)31-14-7-8-15-32(31)38;;/h4-24,27H,1-3H3;5-20,23H,1-4H3;;/q2*-1;;/i;4D3;;. The Balaban J connectivity index is 0.000000168. The number of rotatable bonds is 9. The van der Waals surface area contributed by atoms with E-state index in [9.17, 15) is 0 Å². The van der Waals surface area contributed by atoms with Gasteiger partial charge in [-0.25, -0.2) is 23.7 Å². The monoisotopic (exact) mass is 1470 g/mol. The quantitative estimate of drug-likeness (QED) is 0.135. The zero-order chi connectivity index (χ0) is 59.1. The molecule has 6 aromatic heterocycles. The largest absolute Gasteiger partial charge is 0.319 e. The molecule has 0 aliphatic carbocycles. The number of pyridine rings is 2. The Hall–Kier alpha value is -8.80. The van der Waals surface area contributed by atoms with Gasteiger partial charge in [0.2, 0.25) is 0 Å². The van der Waals surface area contributed by atoms with Crippen LogP contribution in [0.1, 0.15) is 65.2 Å². The summed E-state index contributed by atoms with van der Waals surface area (Å²) in [5.74, 6) is 1.77. The van der Waals surface area contributed by atoms with Crippen LogP contribution in [-0.2, 0) is 59.9 Å². The third kappa shape index (κ3) is 9.95. The number of aryl methyl sites for hydroxylation is 3. The van der Waals surface area contributed by atoms with E-state index >= 15 is 0 Å². The van der Waals surface area contributed by atoms with E-state index in [0.29, 0.717) is 5.52 Å². The number of imidazole rings is 2. The Morgan fingerprint density at radius 2 is 0.800 bits per heavy atom. The molecule has 0 amide bonds.